The number of aliphatic carboxylic acids is 1. The normalized spacial score (nSPS) is 45.4. The first-order chi connectivity index (χ1) is 15.7. The van der Waals surface area contributed by atoms with Gasteiger partial charge in [0.1, 0.15) is 30.5 Å². The van der Waals surface area contributed by atoms with E-state index in [2.05, 4.69) is 18.0 Å². The van der Waals surface area contributed by atoms with Crippen LogP contribution in [0.5, 0.6) is 11.5 Å². The van der Waals surface area contributed by atoms with E-state index >= 15 is 0 Å². The Labute approximate surface area is 189 Å². The number of likely N-dealkylation sites (tertiary alicyclic amines) is 1. The van der Waals surface area contributed by atoms with Gasteiger partial charge in [-0.25, -0.2) is 4.79 Å². The molecule has 2 aliphatic carbocycles. The third kappa shape index (κ3) is 2.73. The van der Waals surface area contributed by atoms with Crippen molar-refractivity contribution in [2.24, 2.45) is 5.92 Å². The van der Waals surface area contributed by atoms with E-state index in [4.69, 9.17) is 14.2 Å². The fourth-order valence-corrected chi connectivity index (χ4v) is 6.66. The zero-order valence-corrected chi connectivity index (χ0v) is 17.9. The predicted octanol–water partition coefficient (Wildman–Crippen LogP) is -0.885. The number of phenolic OH excluding ortho intramolecular Hbond substituents is 1. The number of likely N-dealkylation sites (N-methyl/N-ethyl adjacent to an activating group) is 1. The average molecular weight is 461 g/mol. The minimum Gasteiger partial charge on any atom is -0.504 e. The number of ether oxygens (including phenoxy) is 3. The number of carboxylic acid groups (broad SMARTS) is 1. The van der Waals surface area contributed by atoms with Crippen LogP contribution in [0.15, 0.2) is 24.3 Å². The number of aromatic hydroxyl groups is 1. The summed E-state index contributed by atoms with van der Waals surface area (Å²) in [7, 11) is 2.11. The van der Waals surface area contributed by atoms with Crippen molar-refractivity contribution in [1.29, 1.82) is 0 Å². The summed E-state index contributed by atoms with van der Waals surface area (Å²) >= 11 is 0. The van der Waals surface area contributed by atoms with Gasteiger partial charge in [0, 0.05) is 22.9 Å². The maximum atomic E-state index is 11.5. The lowest BCUT2D eigenvalue weighted by Gasteiger charge is -2.57. The molecular weight excluding hydrogens is 434 g/mol. The maximum Gasteiger partial charge on any atom is 0.335 e. The van der Waals surface area contributed by atoms with Crippen molar-refractivity contribution < 1.29 is 44.5 Å². The van der Waals surface area contributed by atoms with Crippen molar-refractivity contribution in [3.8, 4) is 11.5 Å². The first kappa shape index (κ1) is 21.3. The smallest absolute Gasteiger partial charge is 0.335 e. The van der Waals surface area contributed by atoms with Crippen LogP contribution < -0.4 is 4.74 Å². The second-order valence-corrected chi connectivity index (χ2v) is 9.78. The molecule has 2 fully saturated rings. The fraction of sp³-hybridized carbons (Fsp3) is 0.609. The van der Waals surface area contributed by atoms with Gasteiger partial charge in [0.2, 0.25) is 0 Å². The molecule has 2 saturated heterocycles. The van der Waals surface area contributed by atoms with Crippen LogP contribution >= 0.6 is 0 Å². The van der Waals surface area contributed by atoms with Gasteiger partial charge < -0.3 is 44.6 Å². The largest absolute Gasteiger partial charge is 0.504 e. The number of benzene rings is 1. The maximum absolute atomic E-state index is 11.5. The van der Waals surface area contributed by atoms with Gasteiger partial charge in [-0.1, -0.05) is 18.2 Å². The molecule has 1 aromatic carbocycles. The summed E-state index contributed by atoms with van der Waals surface area (Å²) in [4.78, 5) is 13.8. The third-order valence-electron chi connectivity index (χ3n) is 8.23. The first-order valence-corrected chi connectivity index (χ1v) is 11.2. The molecule has 0 aromatic heterocycles. The molecule has 33 heavy (non-hydrogen) atoms. The average Bonchev–Trinajstić information content (AvgIpc) is 3.14. The van der Waals surface area contributed by atoms with Crippen molar-refractivity contribution >= 4 is 5.97 Å². The van der Waals surface area contributed by atoms with Crippen LogP contribution in [0.1, 0.15) is 17.5 Å². The zero-order chi connectivity index (χ0) is 23.2. The van der Waals surface area contributed by atoms with Crippen LogP contribution in [-0.4, -0.2) is 98.9 Å². The van der Waals surface area contributed by atoms with Crippen LogP contribution in [0.3, 0.4) is 0 Å². The fourth-order valence-electron chi connectivity index (χ4n) is 6.66. The molecule has 3 unspecified atom stereocenters. The summed E-state index contributed by atoms with van der Waals surface area (Å²) in [5.41, 5.74) is 1.69. The lowest BCUT2D eigenvalue weighted by molar-refractivity contribution is -0.307. The number of aliphatic hydroxyl groups is 3. The lowest BCUT2D eigenvalue weighted by Crippen LogP contribution is -2.66. The summed E-state index contributed by atoms with van der Waals surface area (Å²) in [6.45, 7) is 0.838. The number of piperidine rings is 1. The van der Waals surface area contributed by atoms with Crippen molar-refractivity contribution in [2.75, 3.05) is 13.6 Å². The van der Waals surface area contributed by atoms with Gasteiger partial charge in [-0.2, -0.15) is 0 Å². The summed E-state index contributed by atoms with van der Waals surface area (Å²) in [5.74, 6) is -0.824. The molecular formula is C23H27NO9. The van der Waals surface area contributed by atoms with Gasteiger partial charge in [-0.15, -0.1) is 0 Å². The lowest BCUT2D eigenvalue weighted by atomic mass is 9.53. The number of aliphatic hydroxyl groups excluding tert-OH is 3. The van der Waals surface area contributed by atoms with Gasteiger partial charge in [0.15, 0.2) is 23.9 Å². The highest BCUT2D eigenvalue weighted by molar-refractivity contribution is 5.73. The predicted molar refractivity (Wildman–Crippen MR) is 111 cm³/mol. The number of phenols is 1. The number of carbonyl (C=O) groups is 1. The molecule has 178 valence electrons. The highest BCUT2D eigenvalue weighted by Gasteiger charge is 2.65. The van der Waals surface area contributed by atoms with Crippen LogP contribution in [0.2, 0.25) is 0 Å². The van der Waals surface area contributed by atoms with E-state index in [0.29, 0.717) is 5.75 Å². The molecule has 10 nitrogen and oxygen atoms in total. The quantitative estimate of drug-likeness (QED) is 0.359. The molecule has 0 amide bonds. The molecule has 10 atom stereocenters. The van der Waals surface area contributed by atoms with Gasteiger partial charge in [-0.05, 0) is 38.1 Å². The van der Waals surface area contributed by atoms with E-state index in [9.17, 15) is 30.3 Å². The number of nitrogens with zero attached hydrogens (tertiary/aromatic N) is 1. The van der Waals surface area contributed by atoms with E-state index in [1.54, 1.807) is 6.07 Å². The van der Waals surface area contributed by atoms with E-state index in [1.807, 2.05) is 12.1 Å². The van der Waals surface area contributed by atoms with Crippen molar-refractivity contribution in [1.82, 2.24) is 4.90 Å². The molecule has 1 aromatic rings. The van der Waals surface area contributed by atoms with Gasteiger partial charge >= 0.3 is 5.97 Å². The monoisotopic (exact) mass is 461 g/mol. The Morgan fingerprint density at radius 2 is 1.97 bits per heavy atom. The van der Waals surface area contributed by atoms with E-state index in [-0.39, 0.29) is 17.7 Å². The van der Waals surface area contributed by atoms with E-state index < -0.39 is 54.3 Å². The molecule has 2 bridgehead atoms. The number of hydrogen-bond donors (Lipinski definition) is 5. The Hall–Kier alpha value is -2.21. The second kappa shape index (κ2) is 7.14. The molecule has 3 heterocycles. The minimum absolute atomic E-state index is 0.0610. The Morgan fingerprint density at radius 1 is 1.18 bits per heavy atom. The topological polar surface area (TPSA) is 149 Å². The highest BCUT2D eigenvalue weighted by Crippen LogP contribution is 2.62. The minimum atomic E-state index is -1.79. The first-order valence-electron chi connectivity index (χ1n) is 11.2. The van der Waals surface area contributed by atoms with Gasteiger partial charge in [-0.3, -0.25) is 0 Å². The number of carboxylic acids is 1. The standard InChI is InChI=1S/C23H27NO9/c1-24-7-6-23-10-3-5-13(31-22-17(28)15(26)16(27)19(33-22)21(29)30)20(23)32-18-12(25)4-2-9(14(18)23)8-11(10)24/h2-5,10-11,13,15-17,19-20,22,25-28H,6-8H2,1H3,(H,29,30)/t10-,11+,13+,15?,16-,17?,19?,20+,22+,23-/m0/s1. The van der Waals surface area contributed by atoms with Crippen molar-refractivity contribution in [2.45, 2.75) is 67.2 Å². The summed E-state index contributed by atoms with van der Waals surface area (Å²) < 4.78 is 17.7. The molecule has 5 N–H and O–H groups in total. The zero-order valence-electron chi connectivity index (χ0n) is 17.9. The van der Waals surface area contributed by atoms with Crippen LogP contribution in [0, 0.1) is 5.92 Å². The van der Waals surface area contributed by atoms with Gasteiger partial charge in [0.05, 0.1) is 0 Å². The number of rotatable bonds is 3. The van der Waals surface area contributed by atoms with E-state index in [1.165, 1.54) is 0 Å². The number of hydrogen-bond acceptors (Lipinski definition) is 9. The van der Waals surface area contributed by atoms with E-state index in [0.717, 1.165) is 30.5 Å². The Kier molecular flexibility index (Phi) is 4.62. The SMILES string of the molecule is CN1CC[C@]23c4c5ccc(O)c4O[C@@H]2[C@H](O[C@@H]2OC(C(=O)O)[C@@H](O)C(O)C2O)C=C[C@H]3[C@H]1C5. The summed E-state index contributed by atoms with van der Waals surface area (Å²) in [6.07, 6.45) is -4.16. The van der Waals surface area contributed by atoms with Crippen LogP contribution in [0.25, 0.3) is 0 Å². The summed E-state index contributed by atoms with van der Waals surface area (Å²) in [5, 5.41) is 50.5. The van der Waals surface area contributed by atoms with Crippen LogP contribution in [-0.2, 0) is 26.1 Å². The van der Waals surface area contributed by atoms with Gasteiger partial charge in [0.25, 0.3) is 0 Å². The highest BCUT2D eigenvalue weighted by atomic mass is 16.7. The Morgan fingerprint density at radius 3 is 2.73 bits per heavy atom. The molecule has 1 spiro atoms. The summed E-state index contributed by atoms with van der Waals surface area (Å²) in [6, 6.07) is 3.85. The molecule has 0 radical (unpaired) electrons. The molecule has 3 aliphatic heterocycles. The Balaban J connectivity index is 1.38. The van der Waals surface area contributed by atoms with Crippen LogP contribution in [0.4, 0.5) is 0 Å². The Bertz CT molecular complexity index is 1030. The van der Waals surface area contributed by atoms with Crippen molar-refractivity contribution in [3.63, 3.8) is 0 Å². The third-order valence-corrected chi connectivity index (χ3v) is 8.23. The second-order valence-electron chi connectivity index (χ2n) is 9.78. The van der Waals surface area contributed by atoms with Crippen molar-refractivity contribution in [3.05, 3.63) is 35.4 Å². The molecule has 10 heteroatoms. The molecule has 6 rings (SSSR count). The molecule has 5 aliphatic rings. The molecule has 0 saturated carbocycles.